The third-order valence-corrected chi connectivity index (χ3v) is 2.42. The molecule has 5 nitrogen and oxygen atoms in total. The molecule has 19 heavy (non-hydrogen) atoms. The van der Waals surface area contributed by atoms with Crippen molar-refractivity contribution in [2.75, 3.05) is 19.8 Å². The summed E-state index contributed by atoms with van der Waals surface area (Å²) in [5, 5.41) is 20.7. The number of hydrogen-bond acceptors (Lipinski definition) is 4. The minimum atomic E-state index is -1.33. The van der Waals surface area contributed by atoms with Crippen LogP contribution in [0.15, 0.2) is 24.3 Å². The van der Waals surface area contributed by atoms with E-state index in [1.807, 2.05) is 0 Å². The average molecular weight is 271 g/mol. The molecular formula is C13H18FNO4. The van der Waals surface area contributed by atoms with Crippen LogP contribution in [-0.4, -0.2) is 41.5 Å². The van der Waals surface area contributed by atoms with E-state index in [0.29, 0.717) is 5.75 Å². The van der Waals surface area contributed by atoms with Crippen molar-refractivity contribution in [3.05, 3.63) is 30.1 Å². The van der Waals surface area contributed by atoms with E-state index in [1.54, 1.807) is 0 Å². The predicted octanol–water partition coefficient (Wildman–Crippen LogP) is 0.454. The van der Waals surface area contributed by atoms with Gasteiger partial charge in [-0.1, -0.05) is 0 Å². The maximum Gasteiger partial charge on any atom is 0.223 e. The Morgan fingerprint density at radius 1 is 1.42 bits per heavy atom. The predicted molar refractivity (Wildman–Crippen MR) is 67.2 cm³/mol. The molecule has 0 bridgehead atoms. The van der Waals surface area contributed by atoms with Gasteiger partial charge in [-0.25, -0.2) is 4.39 Å². The van der Waals surface area contributed by atoms with Gasteiger partial charge in [-0.2, -0.15) is 0 Å². The average Bonchev–Trinajstić information content (AvgIpc) is 2.39. The van der Waals surface area contributed by atoms with Crippen LogP contribution in [0.4, 0.5) is 4.39 Å². The summed E-state index contributed by atoms with van der Waals surface area (Å²) in [7, 11) is 0. The third-order valence-electron chi connectivity index (χ3n) is 2.42. The summed E-state index contributed by atoms with van der Waals surface area (Å²) < 4.78 is 17.9. The van der Waals surface area contributed by atoms with Gasteiger partial charge >= 0.3 is 0 Å². The lowest BCUT2D eigenvalue weighted by molar-refractivity contribution is -0.123. The smallest absolute Gasteiger partial charge is 0.223 e. The van der Waals surface area contributed by atoms with Crippen molar-refractivity contribution >= 4 is 5.91 Å². The highest BCUT2D eigenvalue weighted by atomic mass is 19.1. The molecule has 0 saturated carbocycles. The number of amides is 1. The van der Waals surface area contributed by atoms with Crippen molar-refractivity contribution in [1.29, 1.82) is 0 Å². The fourth-order valence-corrected chi connectivity index (χ4v) is 1.23. The standard InChI is InChI=1S/C13H18FNO4/c1-13(18,9-16)8-15-12(17)6-7-19-11-4-2-10(14)3-5-11/h2-5,16,18H,6-9H2,1H3,(H,15,17). The van der Waals surface area contributed by atoms with Crippen LogP contribution in [0.25, 0.3) is 0 Å². The summed E-state index contributed by atoms with van der Waals surface area (Å²) in [6.07, 6.45) is 0.110. The molecule has 0 aliphatic rings. The number of halogens is 1. The zero-order valence-electron chi connectivity index (χ0n) is 10.7. The van der Waals surface area contributed by atoms with Crippen LogP contribution < -0.4 is 10.1 Å². The van der Waals surface area contributed by atoms with Gasteiger partial charge in [0.2, 0.25) is 5.91 Å². The summed E-state index contributed by atoms with van der Waals surface area (Å²) in [6, 6.07) is 5.50. The second-order valence-corrected chi connectivity index (χ2v) is 4.48. The number of rotatable bonds is 7. The molecule has 0 aromatic heterocycles. The van der Waals surface area contributed by atoms with E-state index in [1.165, 1.54) is 31.2 Å². The lowest BCUT2D eigenvalue weighted by Gasteiger charge is -2.20. The van der Waals surface area contributed by atoms with Crippen molar-refractivity contribution < 1.29 is 24.1 Å². The number of nitrogens with one attached hydrogen (secondary N) is 1. The molecule has 0 spiro atoms. The van der Waals surface area contributed by atoms with E-state index in [0.717, 1.165) is 0 Å². The van der Waals surface area contributed by atoms with Gasteiger partial charge in [-0.3, -0.25) is 4.79 Å². The van der Waals surface area contributed by atoms with Crippen LogP contribution >= 0.6 is 0 Å². The van der Waals surface area contributed by atoms with Crippen molar-refractivity contribution in [2.24, 2.45) is 0 Å². The summed E-state index contributed by atoms with van der Waals surface area (Å²) in [4.78, 5) is 11.4. The summed E-state index contributed by atoms with van der Waals surface area (Å²) in [5.74, 6) is -0.163. The molecule has 0 aliphatic heterocycles. The number of hydrogen-bond donors (Lipinski definition) is 3. The Kier molecular flexibility index (Phi) is 5.72. The van der Waals surface area contributed by atoms with Crippen LogP contribution in [-0.2, 0) is 4.79 Å². The molecule has 0 radical (unpaired) electrons. The minimum absolute atomic E-state index is 0.0289. The fraction of sp³-hybridized carbons (Fsp3) is 0.462. The molecular weight excluding hydrogens is 253 g/mol. The molecule has 1 aromatic carbocycles. The normalized spacial score (nSPS) is 13.7. The Bertz CT molecular complexity index is 406. The Morgan fingerprint density at radius 2 is 2.05 bits per heavy atom. The Balaban J connectivity index is 2.22. The Labute approximate surface area is 111 Å². The van der Waals surface area contributed by atoms with Crippen molar-refractivity contribution in [3.63, 3.8) is 0 Å². The molecule has 1 atom stereocenters. The maximum atomic E-state index is 12.6. The first-order valence-electron chi connectivity index (χ1n) is 5.91. The molecule has 0 heterocycles. The van der Waals surface area contributed by atoms with Gasteiger partial charge in [0.25, 0.3) is 0 Å². The lowest BCUT2D eigenvalue weighted by atomic mass is 10.1. The maximum absolute atomic E-state index is 12.6. The zero-order chi connectivity index (χ0) is 14.3. The molecule has 0 saturated heterocycles. The zero-order valence-corrected chi connectivity index (χ0v) is 10.7. The van der Waals surface area contributed by atoms with Gasteiger partial charge in [-0.05, 0) is 31.2 Å². The molecule has 1 amide bonds. The highest BCUT2D eigenvalue weighted by Gasteiger charge is 2.19. The monoisotopic (exact) mass is 271 g/mol. The molecule has 1 aromatic rings. The van der Waals surface area contributed by atoms with Crippen LogP contribution in [0.5, 0.6) is 5.75 Å². The van der Waals surface area contributed by atoms with Gasteiger partial charge in [0.15, 0.2) is 0 Å². The molecule has 1 unspecified atom stereocenters. The van der Waals surface area contributed by atoms with Gasteiger partial charge < -0.3 is 20.3 Å². The van der Waals surface area contributed by atoms with E-state index in [2.05, 4.69) is 5.32 Å². The number of carbonyl (C=O) groups excluding carboxylic acids is 1. The molecule has 0 fully saturated rings. The molecule has 0 aliphatic carbocycles. The molecule has 106 valence electrons. The molecule has 1 rings (SSSR count). The van der Waals surface area contributed by atoms with E-state index in [4.69, 9.17) is 9.84 Å². The quantitative estimate of drug-likeness (QED) is 0.673. The minimum Gasteiger partial charge on any atom is -0.493 e. The number of benzene rings is 1. The van der Waals surface area contributed by atoms with Crippen LogP contribution in [0, 0.1) is 5.82 Å². The van der Waals surface area contributed by atoms with Gasteiger partial charge in [0.05, 0.1) is 19.6 Å². The van der Waals surface area contributed by atoms with Gasteiger partial charge in [0.1, 0.15) is 17.2 Å². The van der Waals surface area contributed by atoms with Crippen LogP contribution in [0.1, 0.15) is 13.3 Å². The number of aliphatic hydroxyl groups is 2. The second kappa shape index (κ2) is 7.06. The fourth-order valence-electron chi connectivity index (χ4n) is 1.23. The first kappa shape index (κ1) is 15.4. The topological polar surface area (TPSA) is 78.8 Å². The lowest BCUT2D eigenvalue weighted by Crippen LogP contribution is -2.43. The van der Waals surface area contributed by atoms with E-state index in [-0.39, 0.29) is 31.3 Å². The summed E-state index contributed by atoms with van der Waals surface area (Å²) in [6.45, 7) is 1.11. The summed E-state index contributed by atoms with van der Waals surface area (Å²) >= 11 is 0. The van der Waals surface area contributed by atoms with Gasteiger partial charge in [0, 0.05) is 6.54 Å². The van der Waals surface area contributed by atoms with Crippen molar-refractivity contribution in [2.45, 2.75) is 18.9 Å². The summed E-state index contributed by atoms with van der Waals surface area (Å²) in [5.41, 5.74) is -1.33. The van der Waals surface area contributed by atoms with Crippen LogP contribution in [0.3, 0.4) is 0 Å². The second-order valence-electron chi connectivity index (χ2n) is 4.48. The van der Waals surface area contributed by atoms with Crippen molar-refractivity contribution in [3.8, 4) is 5.75 Å². The first-order chi connectivity index (χ1) is 8.93. The number of carbonyl (C=O) groups is 1. The first-order valence-corrected chi connectivity index (χ1v) is 5.91. The van der Waals surface area contributed by atoms with E-state index < -0.39 is 12.2 Å². The Morgan fingerprint density at radius 3 is 2.63 bits per heavy atom. The molecule has 3 N–H and O–H groups in total. The van der Waals surface area contributed by atoms with E-state index >= 15 is 0 Å². The van der Waals surface area contributed by atoms with Crippen LogP contribution in [0.2, 0.25) is 0 Å². The Hall–Kier alpha value is -1.66. The van der Waals surface area contributed by atoms with Gasteiger partial charge in [-0.15, -0.1) is 0 Å². The largest absolute Gasteiger partial charge is 0.493 e. The number of ether oxygens (including phenoxy) is 1. The number of aliphatic hydroxyl groups excluding tert-OH is 1. The van der Waals surface area contributed by atoms with E-state index in [9.17, 15) is 14.3 Å². The highest BCUT2D eigenvalue weighted by molar-refractivity contribution is 5.76. The SMILES string of the molecule is CC(O)(CO)CNC(=O)CCOc1ccc(F)cc1. The third kappa shape index (κ3) is 6.17. The van der Waals surface area contributed by atoms with Crippen molar-refractivity contribution in [1.82, 2.24) is 5.32 Å². The molecule has 6 heteroatoms. The highest BCUT2D eigenvalue weighted by Crippen LogP contribution is 2.11.